The van der Waals surface area contributed by atoms with E-state index >= 15 is 0 Å². The standard InChI is InChI=1S/C24H20N4O3/c1-31-22-10-7-17(8-11-22)16-26-24(30)19(15-25)13-18-14-21(9-12-23(18)29)28-27-20-5-3-2-4-6-20/h2-14,29H,16H2,1H3,(H,26,30)/b19-13-,28-27?. The van der Waals surface area contributed by atoms with Gasteiger partial charge in [-0.3, -0.25) is 4.79 Å². The zero-order valence-electron chi connectivity index (χ0n) is 16.8. The molecule has 0 unspecified atom stereocenters. The number of phenolic OH excluding ortho intramolecular Hbond substituents is 1. The van der Waals surface area contributed by atoms with Crippen molar-refractivity contribution < 1.29 is 14.6 Å². The van der Waals surface area contributed by atoms with Crippen LogP contribution >= 0.6 is 0 Å². The molecule has 0 fully saturated rings. The molecule has 0 bridgehead atoms. The third kappa shape index (κ3) is 6.02. The Labute approximate surface area is 180 Å². The molecule has 31 heavy (non-hydrogen) atoms. The van der Waals surface area contributed by atoms with Crippen LogP contribution < -0.4 is 10.1 Å². The third-order valence-electron chi connectivity index (χ3n) is 4.33. The number of phenols is 1. The fourth-order valence-corrected chi connectivity index (χ4v) is 2.65. The number of hydrogen-bond acceptors (Lipinski definition) is 6. The van der Waals surface area contributed by atoms with Crippen LogP contribution in [0.2, 0.25) is 0 Å². The zero-order valence-corrected chi connectivity index (χ0v) is 16.8. The molecular weight excluding hydrogens is 392 g/mol. The number of amides is 1. The lowest BCUT2D eigenvalue weighted by molar-refractivity contribution is -0.117. The summed E-state index contributed by atoms with van der Waals surface area (Å²) in [5.74, 6) is 0.0934. The van der Waals surface area contributed by atoms with Crippen LogP contribution in [0.15, 0.2) is 88.6 Å². The minimum Gasteiger partial charge on any atom is -0.507 e. The van der Waals surface area contributed by atoms with Gasteiger partial charge in [-0.2, -0.15) is 15.5 Å². The molecule has 0 aromatic heterocycles. The molecule has 0 aliphatic heterocycles. The van der Waals surface area contributed by atoms with E-state index < -0.39 is 5.91 Å². The number of methoxy groups -OCH3 is 1. The maximum atomic E-state index is 12.4. The lowest BCUT2D eigenvalue weighted by Gasteiger charge is -2.06. The van der Waals surface area contributed by atoms with E-state index in [1.54, 1.807) is 31.4 Å². The Hall–Kier alpha value is -4.44. The maximum absolute atomic E-state index is 12.4. The van der Waals surface area contributed by atoms with Crippen LogP contribution in [0.4, 0.5) is 11.4 Å². The Bertz CT molecular complexity index is 1150. The van der Waals surface area contributed by atoms with E-state index in [1.165, 1.54) is 12.1 Å². The molecule has 0 saturated heterocycles. The van der Waals surface area contributed by atoms with E-state index in [4.69, 9.17) is 4.74 Å². The van der Waals surface area contributed by atoms with Gasteiger partial charge in [-0.25, -0.2) is 0 Å². The molecule has 0 saturated carbocycles. The molecule has 0 heterocycles. The minimum absolute atomic E-state index is 0.0747. The molecule has 3 aromatic rings. The van der Waals surface area contributed by atoms with E-state index in [0.717, 1.165) is 5.56 Å². The molecule has 2 N–H and O–H groups in total. The predicted octanol–water partition coefficient (Wildman–Crippen LogP) is 5.04. The molecule has 0 spiro atoms. The lowest BCUT2D eigenvalue weighted by Crippen LogP contribution is -2.23. The summed E-state index contributed by atoms with van der Waals surface area (Å²) >= 11 is 0. The van der Waals surface area contributed by atoms with Crippen LogP contribution in [0.1, 0.15) is 11.1 Å². The Morgan fingerprint density at radius 2 is 1.77 bits per heavy atom. The van der Waals surface area contributed by atoms with Crippen LogP contribution in [-0.4, -0.2) is 18.1 Å². The third-order valence-corrected chi connectivity index (χ3v) is 4.33. The number of nitriles is 1. The molecule has 0 atom stereocenters. The number of aromatic hydroxyl groups is 1. The van der Waals surface area contributed by atoms with Gasteiger partial charge in [-0.15, -0.1) is 0 Å². The fraction of sp³-hybridized carbons (Fsp3) is 0.0833. The highest BCUT2D eigenvalue weighted by molar-refractivity contribution is 6.02. The van der Waals surface area contributed by atoms with Gasteiger partial charge in [0.05, 0.1) is 18.5 Å². The largest absolute Gasteiger partial charge is 0.507 e. The number of benzene rings is 3. The van der Waals surface area contributed by atoms with Gasteiger partial charge in [0.15, 0.2) is 0 Å². The smallest absolute Gasteiger partial charge is 0.262 e. The summed E-state index contributed by atoms with van der Waals surface area (Å²) in [7, 11) is 1.58. The molecule has 3 rings (SSSR count). The topological polar surface area (TPSA) is 107 Å². The first-order chi connectivity index (χ1) is 15.1. The quantitative estimate of drug-likeness (QED) is 0.322. The van der Waals surface area contributed by atoms with E-state index in [2.05, 4.69) is 15.5 Å². The molecule has 154 valence electrons. The normalized spacial score (nSPS) is 11.2. The fourth-order valence-electron chi connectivity index (χ4n) is 2.65. The number of carbonyl (C=O) groups excluding carboxylic acids is 1. The highest BCUT2D eigenvalue weighted by Gasteiger charge is 2.11. The van der Waals surface area contributed by atoms with Crippen molar-refractivity contribution >= 4 is 23.4 Å². The number of hydrogen-bond donors (Lipinski definition) is 2. The van der Waals surface area contributed by atoms with Crippen LogP contribution in [0, 0.1) is 11.3 Å². The molecule has 0 aliphatic carbocycles. The van der Waals surface area contributed by atoms with Crippen molar-refractivity contribution in [2.45, 2.75) is 6.54 Å². The summed E-state index contributed by atoms with van der Waals surface area (Å²) < 4.78 is 5.10. The minimum atomic E-state index is -0.547. The SMILES string of the molecule is COc1ccc(CNC(=O)/C(C#N)=C\c2cc(N=Nc3ccccc3)ccc2O)cc1. The summed E-state index contributed by atoms with van der Waals surface area (Å²) in [6.07, 6.45) is 1.32. The summed E-state index contributed by atoms with van der Waals surface area (Å²) in [6, 6.07) is 22.9. The summed E-state index contributed by atoms with van der Waals surface area (Å²) in [5, 5.41) is 30.5. The second-order valence-electron chi connectivity index (χ2n) is 6.48. The van der Waals surface area contributed by atoms with Gasteiger partial charge in [-0.1, -0.05) is 30.3 Å². The zero-order chi connectivity index (χ0) is 22.1. The van der Waals surface area contributed by atoms with Crippen LogP contribution in [0.25, 0.3) is 6.08 Å². The van der Waals surface area contributed by atoms with Crippen molar-refractivity contribution in [3.05, 3.63) is 89.5 Å². The van der Waals surface area contributed by atoms with Crippen molar-refractivity contribution in [2.75, 3.05) is 7.11 Å². The Morgan fingerprint density at radius 3 is 2.45 bits per heavy atom. The molecule has 0 radical (unpaired) electrons. The summed E-state index contributed by atoms with van der Waals surface area (Å²) in [4.78, 5) is 12.4. The molecule has 7 nitrogen and oxygen atoms in total. The van der Waals surface area contributed by atoms with Gasteiger partial charge in [-0.05, 0) is 54.1 Å². The average Bonchev–Trinajstić information content (AvgIpc) is 2.82. The van der Waals surface area contributed by atoms with Gasteiger partial charge >= 0.3 is 0 Å². The van der Waals surface area contributed by atoms with E-state index in [0.29, 0.717) is 22.7 Å². The van der Waals surface area contributed by atoms with Gasteiger partial charge in [0.25, 0.3) is 5.91 Å². The van der Waals surface area contributed by atoms with Gasteiger partial charge in [0.2, 0.25) is 0 Å². The summed E-state index contributed by atoms with van der Waals surface area (Å²) in [6.45, 7) is 0.249. The maximum Gasteiger partial charge on any atom is 0.262 e. The van der Waals surface area contributed by atoms with Crippen molar-refractivity contribution in [1.29, 1.82) is 5.26 Å². The number of ether oxygens (including phenoxy) is 1. The van der Waals surface area contributed by atoms with Crippen LogP contribution in [0.5, 0.6) is 11.5 Å². The van der Waals surface area contributed by atoms with E-state index in [-0.39, 0.29) is 17.9 Å². The number of azo groups is 1. The van der Waals surface area contributed by atoms with Gasteiger partial charge < -0.3 is 15.2 Å². The lowest BCUT2D eigenvalue weighted by atomic mass is 10.1. The molecular formula is C24H20N4O3. The first-order valence-electron chi connectivity index (χ1n) is 9.42. The first-order valence-corrected chi connectivity index (χ1v) is 9.42. The second kappa shape index (κ2) is 10.4. The molecule has 0 aliphatic rings. The van der Waals surface area contributed by atoms with Gasteiger partial charge in [0.1, 0.15) is 23.1 Å². The number of carbonyl (C=O) groups is 1. The van der Waals surface area contributed by atoms with E-state index in [9.17, 15) is 15.2 Å². The summed E-state index contributed by atoms with van der Waals surface area (Å²) in [5.41, 5.74) is 2.17. The number of rotatable bonds is 7. The molecule has 7 heteroatoms. The van der Waals surface area contributed by atoms with Crippen LogP contribution in [0.3, 0.4) is 0 Å². The Balaban J connectivity index is 1.73. The average molecular weight is 412 g/mol. The number of nitrogens with one attached hydrogen (secondary N) is 1. The first kappa shape index (κ1) is 21.3. The highest BCUT2D eigenvalue weighted by Crippen LogP contribution is 2.27. The van der Waals surface area contributed by atoms with Crippen molar-refractivity contribution in [1.82, 2.24) is 5.32 Å². The molecule has 1 amide bonds. The van der Waals surface area contributed by atoms with E-state index in [1.807, 2.05) is 48.5 Å². The van der Waals surface area contributed by atoms with Crippen molar-refractivity contribution in [3.63, 3.8) is 0 Å². The molecule has 3 aromatic carbocycles. The number of nitrogens with zero attached hydrogens (tertiary/aromatic N) is 3. The Morgan fingerprint density at radius 1 is 1.06 bits per heavy atom. The second-order valence-corrected chi connectivity index (χ2v) is 6.48. The van der Waals surface area contributed by atoms with Crippen molar-refractivity contribution in [2.24, 2.45) is 10.2 Å². The van der Waals surface area contributed by atoms with Crippen LogP contribution in [-0.2, 0) is 11.3 Å². The monoisotopic (exact) mass is 412 g/mol. The Kier molecular flexibility index (Phi) is 7.12. The predicted molar refractivity (Wildman–Crippen MR) is 117 cm³/mol. The van der Waals surface area contributed by atoms with Crippen molar-refractivity contribution in [3.8, 4) is 17.6 Å². The highest BCUT2D eigenvalue weighted by atomic mass is 16.5. The van der Waals surface area contributed by atoms with Gasteiger partial charge in [0, 0.05) is 12.1 Å².